The predicted molar refractivity (Wildman–Crippen MR) is 92.8 cm³/mol. The molecular weight excluding hydrogens is 318 g/mol. The Morgan fingerprint density at radius 1 is 1.40 bits per heavy atom. The van der Waals surface area contributed by atoms with Gasteiger partial charge < -0.3 is 19.4 Å². The maximum absolute atomic E-state index is 12.6. The summed E-state index contributed by atoms with van der Waals surface area (Å²) in [6, 6.07) is 10.0. The van der Waals surface area contributed by atoms with Gasteiger partial charge >= 0.3 is 0 Å². The molecule has 1 N–H and O–H groups in total. The number of carbonyl (C=O) groups is 1. The van der Waals surface area contributed by atoms with Gasteiger partial charge in [-0.2, -0.15) is 0 Å². The van der Waals surface area contributed by atoms with E-state index < -0.39 is 0 Å². The highest BCUT2D eigenvalue weighted by Crippen LogP contribution is 2.43. The molecule has 25 heavy (non-hydrogen) atoms. The molecule has 1 saturated carbocycles. The fraction of sp³-hybridized carbons (Fsp3) is 0.474. The van der Waals surface area contributed by atoms with Crippen LogP contribution in [0.3, 0.4) is 0 Å². The zero-order valence-corrected chi connectivity index (χ0v) is 14.3. The van der Waals surface area contributed by atoms with Crippen molar-refractivity contribution in [2.24, 2.45) is 11.8 Å². The van der Waals surface area contributed by atoms with E-state index >= 15 is 0 Å². The lowest BCUT2D eigenvalue weighted by atomic mass is 9.67. The highest BCUT2D eigenvalue weighted by Gasteiger charge is 2.54. The first kappa shape index (κ1) is 16.3. The van der Waals surface area contributed by atoms with E-state index in [2.05, 4.69) is 10.3 Å². The number of aromatic nitrogens is 2. The molecular formula is C19H23N3O3. The third-order valence-electron chi connectivity index (χ3n) is 5.28. The number of imidazole rings is 1. The summed E-state index contributed by atoms with van der Waals surface area (Å²) in [5, 5.41) is 3.19. The molecule has 132 valence electrons. The van der Waals surface area contributed by atoms with Gasteiger partial charge in [-0.3, -0.25) is 4.79 Å². The van der Waals surface area contributed by atoms with Crippen molar-refractivity contribution in [2.45, 2.75) is 25.1 Å². The first-order chi connectivity index (χ1) is 12.3. The summed E-state index contributed by atoms with van der Waals surface area (Å²) < 4.78 is 13.0. The monoisotopic (exact) mass is 341 g/mol. The SMILES string of the molecule is COC[C@H]1[C@@H](NC(=O)Cn2ccnc2-c2ccccc2)[C@@H]2CCO[C@@H]21. The second-order valence-electron chi connectivity index (χ2n) is 6.75. The molecule has 1 amide bonds. The number of carbonyl (C=O) groups excluding carboxylic acids is 1. The largest absolute Gasteiger partial charge is 0.384 e. The first-order valence-corrected chi connectivity index (χ1v) is 8.74. The van der Waals surface area contributed by atoms with Gasteiger partial charge in [0.05, 0.1) is 12.7 Å². The van der Waals surface area contributed by atoms with Crippen LogP contribution in [0.4, 0.5) is 0 Å². The van der Waals surface area contributed by atoms with Crippen LogP contribution < -0.4 is 5.32 Å². The summed E-state index contributed by atoms with van der Waals surface area (Å²) in [5.74, 6) is 1.48. The van der Waals surface area contributed by atoms with Crippen molar-refractivity contribution >= 4 is 5.91 Å². The molecule has 2 fully saturated rings. The molecule has 6 nitrogen and oxygen atoms in total. The van der Waals surface area contributed by atoms with Gasteiger partial charge in [0, 0.05) is 49.6 Å². The van der Waals surface area contributed by atoms with Crippen LogP contribution in [0.1, 0.15) is 6.42 Å². The van der Waals surface area contributed by atoms with E-state index in [1.807, 2.05) is 41.1 Å². The molecule has 0 bridgehead atoms. The maximum Gasteiger partial charge on any atom is 0.240 e. The minimum atomic E-state index is 0.00614. The smallest absolute Gasteiger partial charge is 0.240 e. The lowest BCUT2D eigenvalue weighted by Gasteiger charge is -2.47. The van der Waals surface area contributed by atoms with E-state index in [0.717, 1.165) is 24.4 Å². The van der Waals surface area contributed by atoms with Crippen LogP contribution in [0.15, 0.2) is 42.7 Å². The maximum atomic E-state index is 12.6. The van der Waals surface area contributed by atoms with Gasteiger partial charge in [0.2, 0.25) is 5.91 Å². The molecule has 6 heteroatoms. The Labute approximate surface area is 147 Å². The second kappa shape index (κ2) is 6.98. The number of amides is 1. The third kappa shape index (κ3) is 3.07. The fourth-order valence-electron chi connectivity index (χ4n) is 4.11. The van der Waals surface area contributed by atoms with Crippen LogP contribution in [0.25, 0.3) is 11.4 Å². The van der Waals surface area contributed by atoms with E-state index in [1.165, 1.54) is 0 Å². The van der Waals surface area contributed by atoms with Gasteiger partial charge in [-0.15, -0.1) is 0 Å². The quantitative estimate of drug-likeness (QED) is 0.869. The number of nitrogens with one attached hydrogen (secondary N) is 1. The number of hydrogen-bond acceptors (Lipinski definition) is 4. The molecule has 0 radical (unpaired) electrons. The molecule has 1 aliphatic carbocycles. The Morgan fingerprint density at radius 2 is 2.24 bits per heavy atom. The van der Waals surface area contributed by atoms with Gasteiger partial charge in [0.25, 0.3) is 0 Å². The summed E-state index contributed by atoms with van der Waals surface area (Å²) >= 11 is 0. The van der Waals surface area contributed by atoms with Crippen molar-refractivity contribution in [2.75, 3.05) is 20.3 Å². The van der Waals surface area contributed by atoms with E-state index in [9.17, 15) is 4.79 Å². The molecule has 1 aromatic heterocycles. The summed E-state index contributed by atoms with van der Waals surface area (Å²) in [4.78, 5) is 17.0. The third-order valence-corrected chi connectivity index (χ3v) is 5.28. The number of ether oxygens (including phenoxy) is 2. The zero-order valence-electron chi connectivity index (χ0n) is 14.3. The number of nitrogens with zero attached hydrogens (tertiary/aromatic N) is 2. The average Bonchev–Trinajstić information content (AvgIpc) is 3.26. The van der Waals surface area contributed by atoms with Crippen molar-refractivity contribution in [1.29, 1.82) is 0 Å². The topological polar surface area (TPSA) is 65.4 Å². The minimum absolute atomic E-state index is 0.00614. The lowest BCUT2D eigenvalue weighted by Crippen LogP contribution is -2.63. The van der Waals surface area contributed by atoms with Crippen molar-refractivity contribution in [1.82, 2.24) is 14.9 Å². The molecule has 2 aliphatic rings. The van der Waals surface area contributed by atoms with Crippen molar-refractivity contribution in [3.63, 3.8) is 0 Å². The minimum Gasteiger partial charge on any atom is -0.384 e. The Hall–Kier alpha value is -2.18. The molecule has 2 aromatic rings. The van der Waals surface area contributed by atoms with Gasteiger partial charge in [-0.25, -0.2) is 4.98 Å². The molecule has 1 aliphatic heterocycles. The van der Waals surface area contributed by atoms with Gasteiger partial charge in [-0.05, 0) is 6.42 Å². The van der Waals surface area contributed by atoms with Crippen LogP contribution in [0.5, 0.6) is 0 Å². The van der Waals surface area contributed by atoms with Crippen LogP contribution in [0.2, 0.25) is 0 Å². The van der Waals surface area contributed by atoms with E-state index in [-0.39, 0.29) is 30.5 Å². The van der Waals surface area contributed by atoms with Crippen LogP contribution in [-0.4, -0.2) is 47.9 Å². The highest BCUT2D eigenvalue weighted by molar-refractivity contribution is 5.77. The van der Waals surface area contributed by atoms with Crippen LogP contribution in [0, 0.1) is 11.8 Å². The molecule has 4 atom stereocenters. The lowest BCUT2D eigenvalue weighted by molar-refractivity contribution is -0.130. The predicted octanol–water partition coefficient (Wildman–Crippen LogP) is 1.72. The van der Waals surface area contributed by atoms with Crippen molar-refractivity contribution < 1.29 is 14.3 Å². The van der Waals surface area contributed by atoms with Crippen molar-refractivity contribution in [3.8, 4) is 11.4 Å². The van der Waals surface area contributed by atoms with Gasteiger partial charge in [0.15, 0.2) is 0 Å². The number of methoxy groups -OCH3 is 1. The van der Waals surface area contributed by atoms with Crippen LogP contribution in [-0.2, 0) is 20.8 Å². The number of fused-ring (bicyclic) bond motifs is 1. The van der Waals surface area contributed by atoms with E-state index in [0.29, 0.717) is 12.5 Å². The van der Waals surface area contributed by atoms with Crippen molar-refractivity contribution in [3.05, 3.63) is 42.7 Å². The van der Waals surface area contributed by atoms with Gasteiger partial charge in [-0.1, -0.05) is 30.3 Å². The zero-order chi connectivity index (χ0) is 17.2. The van der Waals surface area contributed by atoms with E-state index in [1.54, 1.807) is 13.3 Å². The fourth-order valence-corrected chi connectivity index (χ4v) is 4.11. The van der Waals surface area contributed by atoms with E-state index in [4.69, 9.17) is 9.47 Å². The Balaban J connectivity index is 1.42. The molecule has 1 aromatic carbocycles. The molecule has 1 saturated heterocycles. The van der Waals surface area contributed by atoms with Crippen LogP contribution >= 0.6 is 0 Å². The second-order valence-corrected chi connectivity index (χ2v) is 6.75. The number of benzene rings is 1. The van der Waals surface area contributed by atoms with Gasteiger partial charge in [0.1, 0.15) is 12.4 Å². The Bertz CT molecular complexity index is 731. The number of hydrogen-bond donors (Lipinski definition) is 1. The first-order valence-electron chi connectivity index (χ1n) is 8.74. The summed E-state index contributed by atoms with van der Waals surface area (Å²) in [6.07, 6.45) is 4.82. The summed E-state index contributed by atoms with van der Waals surface area (Å²) in [7, 11) is 1.69. The molecule has 0 spiro atoms. The molecule has 0 unspecified atom stereocenters. The Kier molecular flexibility index (Phi) is 4.55. The standard InChI is InChI=1S/C19H23N3O3/c1-24-12-15-17(14-7-10-25-18(14)15)21-16(23)11-22-9-8-20-19(22)13-5-3-2-4-6-13/h2-6,8-9,14-15,17-18H,7,10-12H2,1H3,(H,21,23)/t14-,15-,17-,18-/m0/s1. The molecule has 4 rings (SSSR count). The summed E-state index contributed by atoms with van der Waals surface area (Å²) in [6.45, 7) is 1.66. The molecule has 2 heterocycles. The average molecular weight is 341 g/mol. The number of rotatable bonds is 6. The summed E-state index contributed by atoms with van der Waals surface area (Å²) in [5.41, 5.74) is 1.01. The Morgan fingerprint density at radius 3 is 3.04 bits per heavy atom. The normalized spacial score (nSPS) is 27.6. The highest BCUT2D eigenvalue weighted by atomic mass is 16.5.